The third-order valence-electron chi connectivity index (χ3n) is 3.42. The second-order valence-electron chi connectivity index (χ2n) is 4.87. The van der Waals surface area contributed by atoms with Gasteiger partial charge in [-0.25, -0.2) is 4.98 Å². The zero-order chi connectivity index (χ0) is 13.8. The second-order valence-corrected chi connectivity index (χ2v) is 5.98. The Morgan fingerprint density at radius 2 is 2.00 bits per heavy atom. The predicted molar refractivity (Wildman–Crippen MR) is 83.7 cm³/mol. The van der Waals surface area contributed by atoms with E-state index in [1.165, 1.54) is 10.6 Å². The number of nitrogens with two attached hydrogens (primary N) is 1. The van der Waals surface area contributed by atoms with Crippen LogP contribution in [0.15, 0.2) is 30.3 Å². The summed E-state index contributed by atoms with van der Waals surface area (Å²) in [4.78, 5) is 8.14. The molecule has 2 heterocycles. The maximum Gasteiger partial charge on any atom is 0.180 e. The molecule has 0 aliphatic carbocycles. The Kier molecular flexibility index (Phi) is 4.00. The molecule has 0 atom stereocenters. The molecule has 0 amide bonds. The highest BCUT2D eigenvalue weighted by molar-refractivity contribution is 7.15. The van der Waals surface area contributed by atoms with Gasteiger partial charge in [-0.05, 0) is 18.6 Å². The number of thiazole rings is 1. The standard InChI is InChI=1S/C16H17N3S/c17-16-18-14-8-11-19(12-9-15(14)20-16)10-4-7-13-5-2-1-3-6-13/h1-3,5-6H,8-12H2,(H2,17,18). The highest BCUT2D eigenvalue weighted by Crippen LogP contribution is 2.23. The number of aromatic nitrogens is 1. The quantitative estimate of drug-likeness (QED) is 0.816. The fraction of sp³-hybridized carbons (Fsp3) is 0.312. The Bertz CT molecular complexity index is 611. The lowest BCUT2D eigenvalue weighted by molar-refractivity contribution is 0.323. The third kappa shape index (κ3) is 3.19. The topological polar surface area (TPSA) is 42.1 Å². The Morgan fingerprint density at radius 1 is 1.20 bits per heavy atom. The summed E-state index contributed by atoms with van der Waals surface area (Å²) >= 11 is 1.63. The van der Waals surface area contributed by atoms with Gasteiger partial charge in [0.25, 0.3) is 0 Å². The lowest BCUT2D eigenvalue weighted by Crippen LogP contribution is -2.26. The lowest BCUT2D eigenvalue weighted by atomic mass is 10.2. The van der Waals surface area contributed by atoms with Crippen molar-refractivity contribution in [3.05, 3.63) is 46.5 Å². The summed E-state index contributed by atoms with van der Waals surface area (Å²) < 4.78 is 0. The first-order chi connectivity index (χ1) is 9.81. The number of hydrogen-bond acceptors (Lipinski definition) is 4. The molecule has 1 aromatic heterocycles. The van der Waals surface area contributed by atoms with Crippen LogP contribution in [-0.4, -0.2) is 29.5 Å². The van der Waals surface area contributed by atoms with E-state index in [1.54, 1.807) is 11.3 Å². The van der Waals surface area contributed by atoms with Crippen molar-refractivity contribution in [1.29, 1.82) is 0 Å². The molecule has 20 heavy (non-hydrogen) atoms. The van der Waals surface area contributed by atoms with Crippen LogP contribution in [0.2, 0.25) is 0 Å². The molecule has 0 unspecified atom stereocenters. The molecule has 1 aliphatic rings. The van der Waals surface area contributed by atoms with E-state index in [0.29, 0.717) is 5.13 Å². The highest BCUT2D eigenvalue weighted by Gasteiger charge is 2.16. The van der Waals surface area contributed by atoms with Gasteiger partial charge in [-0.15, -0.1) is 11.3 Å². The molecule has 102 valence electrons. The van der Waals surface area contributed by atoms with Crippen molar-refractivity contribution < 1.29 is 0 Å². The van der Waals surface area contributed by atoms with E-state index >= 15 is 0 Å². The molecule has 0 spiro atoms. The first-order valence-corrected chi connectivity index (χ1v) is 7.63. The van der Waals surface area contributed by atoms with E-state index in [9.17, 15) is 0 Å². The molecule has 0 saturated carbocycles. The van der Waals surface area contributed by atoms with Gasteiger partial charge in [-0.2, -0.15) is 0 Å². The van der Waals surface area contributed by atoms with Gasteiger partial charge in [-0.1, -0.05) is 30.0 Å². The van der Waals surface area contributed by atoms with Crippen LogP contribution in [0, 0.1) is 11.8 Å². The molecule has 0 bridgehead atoms. The number of fused-ring (bicyclic) bond motifs is 1. The fourth-order valence-corrected chi connectivity index (χ4v) is 3.23. The zero-order valence-corrected chi connectivity index (χ0v) is 12.1. The molecule has 0 saturated heterocycles. The fourth-order valence-electron chi connectivity index (χ4n) is 2.36. The van der Waals surface area contributed by atoms with Crippen molar-refractivity contribution in [3.63, 3.8) is 0 Å². The Hall–Kier alpha value is -1.83. The molecular weight excluding hydrogens is 266 g/mol. The van der Waals surface area contributed by atoms with Crippen molar-refractivity contribution in [3.8, 4) is 11.8 Å². The van der Waals surface area contributed by atoms with Crippen molar-refractivity contribution in [2.75, 3.05) is 25.4 Å². The van der Waals surface area contributed by atoms with E-state index in [4.69, 9.17) is 5.73 Å². The Morgan fingerprint density at radius 3 is 2.85 bits per heavy atom. The van der Waals surface area contributed by atoms with Gasteiger partial charge in [0, 0.05) is 30.0 Å². The smallest absolute Gasteiger partial charge is 0.180 e. The van der Waals surface area contributed by atoms with Gasteiger partial charge in [0.2, 0.25) is 0 Å². The minimum absolute atomic E-state index is 0.701. The van der Waals surface area contributed by atoms with Crippen LogP contribution < -0.4 is 5.73 Å². The van der Waals surface area contributed by atoms with E-state index in [-0.39, 0.29) is 0 Å². The number of nitrogen functional groups attached to an aromatic ring is 1. The third-order valence-corrected chi connectivity index (χ3v) is 4.41. The minimum Gasteiger partial charge on any atom is -0.375 e. The van der Waals surface area contributed by atoms with Crippen molar-refractivity contribution in [1.82, 2.24) is 9.88 Å². The highest BCUT2D eigenvalue weighted by atomic mass is 32.1. The molecule has 1 aromatic carbocycles. The molecule has 3 rings (SSSR count). The van der Waals surface area contributed by atoms with Gasteiger partial charge in [0.1, 0.15) is 0 Å². The summed E-state index contributed by atoms with van der Waals surface area (Å²) in [5.41, 5.74) is 8.03. The zero-order valence-electron chi connectivity index (χ0n) is 11.3. The largest absolute Gasteiger partial charge is 0.375 e. The predicted octanol–water partition coefficient (Wildman–Crippen LogP) is 2.18. The summed E-state index contributed by atoms with van der Waals surface area (Å²) in [6.45, 7) is 2.87. The summed E-state index contributed by atoms with van der Waals surface area (Å²) in [6.07, 6.45) is 2.02. The molecular formula is C16H17N3S. The summed E-state index contributed by atoms with van der Waals surface area (Å²) in [6, 6.07) is 10.1. The molecule has 1 aliphatic heterocycles. The average molecular weight is 283 g/mol. The summed E-state index contributed by atoms with van der Waals surface area (Å²) in [5.74, 6) is 6.48. The maximum atomic E-state index is 5.76. The first kappa shape index (κ1) is 13.2. The number of nitrogens with zero attached hydrogens (tertiary/aromatic N) is 2. The van der Waals surface area contributed by atoms with Gasteiger partial charge in [-0.3, -0.25) is 4.90 Å². The molecule has 2 aromatic rings. The maximum absolute atomic E-state index is 5.76. The normalized spacial score (nSPS) is 15.0. The van der Waals surface area contributed by atoms with E-state index < -0.39 is 0 Å². The first-order valence-electron chi connectivity index (χ1n) is 6.81. The Labute approximate surface area is 123 Å². The van der Waals surface area contributed by atoms with E-state index in [2.05, 4.69) is 21.7 Å². The van der Waals surface area contributed by atoms with E-state index in [1.807, 2.05) is 30.3 Å². The summed E-state index contributed by atoms with van der Waals surface area (Å²) in [5, 5.41) is 0.701. The average Bonchev–Trinajstić information content (AvgIpc) is 2.72. The number of rotatable bonds is 1. The van der Waals surface area contributed by atoms with Gasteiger partial charge in [0.15, 0.2) is 5.13 Å². The van der Waals surface area contributed by atoms with Crippen LogP contribution in [0.25, 0.3) is 0 Å². The number of benzene rings is 1. The monoisotopic (exact) mass is 283 g/mol. The van der Waals surface area contributed by atoms with Crippen LogP contribution >= 0.6 is 11.3 Å². The minimum atomic E-state index is 0.701. The Balaban J connectivity index is 1.58. The molecule has 0 radical (unpaired) electrons. The van der Waals surface area contributed by atoms with Gasteiger partial charge in [0.05, 0.1) is 12.2 Å². The van der Waals surface area contributed by atoms with Crippen LogP contribution in [0.4, 0.5) is 5.13 Å². The van der Waals surface area contributed by atoms with Crippen LogP contribution in [0.1, 0.15) is 16.1 Å². The molecule has 4 heteroatoms. The molecule has 3 nitrogen and oxygen atoms in total. The van der Waals surface area contributed by atoms with E-state index in [0.717, 1.165) is 38.0 Å². The van der Waals surface area contributed by atoms with Crippen LogP contribution in [0.3, 0.4) is 0 Å². The van der Waals surface area contributed by atoms with Crippen molar-refractivity contribution in [2.24, 2.45) is 0 Å². The van der Waals surface area contributed by atoms with Gasteiger partial charge < -0.3 is 5.73 Å². The second kappa shape index (κ2) is 6.08. The van der Waals surface area contributed by atoms with Gasteiger partial charge >= 0.3 is 0 Å². The van der Waals surface area contributed by atoms with Crippen LogP contribution in [-0.2, 0) is 12.8 Å². The number of anilines is 1. The SMILES string of the molecule is Nc1nc2c(s1)CCN(CC#Cc1ccccc1)CC2. The molecule has 2 N–H and O–H groups in total. The molecule has 0 fully saturated rings. The lowest BCUT2D eigenvalue weighted by Gasteiger charge is -2.15. The summed E-state index contributed by atoms with van der Waals surface area (Å²) in [7, 11) is 0. The van der Waals surface area contributed by atoms with Crippen molar-refractivity contribution >= 4 is 16.5 Å². The number of hydrogen-bond donors (Lipinski definition) is 1. The van der Waals surface area contributed by atoms with Crippen LogP contribution in [0.5, 0.6) is 0 Å². The van der Waals surface area contributed by atoms with Crippen molar-refractivity contribution in [2.45, 2.75) is 12.8 Å².